The van der Waals surface area contributed by atoms with Gasteiger partial charge in [-0.1, -0.05) is 48.9 Å². The molecule has 0 N–H and O–H groups in total. The van der Waals surface area contributed by atoms with Crippen molar-refractivity contribution in [2.75, 3.05) is 0 Å². The third-order valence-corrected chi connectivity index (χ3v) is 2.85. The van der Waals surface area contributed by atoms with E-state index in [9.17, 15) is 0 Å². The van der Waals surface area contributed by atoms with Crippen LogP contribution in [0.2, 0.25) is 5.02 Å². The molecule has 2 nitrogen and oxygen atoms in total. The molecule has 0 saturated heterocycles. The van der Waals surface area contributed by atoms with Gasteiger partial charge in [-0.15, -0.1) is 0 Å². The highest BCUT2D eigenvalue weighted by molar-refractivity contribution is 6.30. The van der Waals surface area contributed by atoms with Crippen molar-refractivity contribution in [3.05, 3.63) is 71.5 Å². The lowest BCUT2D eigenvalue weighted by Gasteiger charge is -1.97. The molecule has 0 aliphatic heterocycles. The van der Waals surface area contributed by atoms with Gasteiger partial charge in [0.15, 0.2) is 0 Å². The maximum atomic E-state index is 5.54. The summed E-state index contributed by atoms with van der Waals surface area (Å²) in [6.07, 6.45) is 2.78. The molecule has 19 heavy (non-hydrogen) atoms. The summed E-state index contributed by atoms with van der Waals surface area (Å²) in [5.41, 5.74) is 3.00. The van der Waals surface area contributed by atoms with Gasteiger partial charge >= 0.3 is 0 Å². The van der Waals surface area contributed by atoms with Gasteiger partial charge in [0.25, 0.3) is 0 Å². The Kier molecular flexibility index (Phi) is 4.87. The Morgan fingerprint density at radius 3 is 2.11 bits per heavy atom. The number of hydrogen-bond donors (Lipinski definition) is 0. The van der Waals surface area contributed by atoms with Crippen molar-refractivity contribution in [1.29, 1.82) is 0 Å². The van der Waals surface area contributed by atoms with Crippen molar-refractivity contribution in [2.24, 2.45) is 0 Å². The maximum Gasteiger partial charge on any atom is 0.0890 e. The van der Waals surface area contributed by atoms with E-state index in [2.05, 4.69) is 16.9 Å². The molecule has 0 amide bonds. The van der Waals surface area contributed by atoms with E-state index in [4.69, 9.17) is 11.6 Å². The molecule has 3 aromatic rings. The second kappa shape index (κ2) is 6.86. The SMILES string of the molecule is CCc1cnc2ccccc2n1.Clc1ccccc1. The summed E-state index contributed by atoms with van der Waals surface area (Å²) in [4.78, 5) is 8.72. The number of nitrogens with zero attached hydrogens (tertiary/aromatic N) is 2. The summed E-state index contributed by atoms with van der Waals surface area (Å²) in [6.45, 7) is 2.08. The van der Waals surface area contributed by atoms with Crippen LogP contribution in [-0.4, -0.2) is 9.97 Å². The zero-order valence-electron chi connectivity index (χ0n) is 10.8. The Hall–Kier alpha value is -1.93. The highest BCUT2D eigenvalue weighted by Crippen LogP contribution is 2.08. The molecule has 0 spiro atoms. The predicted octanol–water partition coefficient (Wildman–Crippen LogP) is 4.53. The Labute approximate surface area is 118 Å². The van der Waals surface area contributed by atoms with Crippen LogP contribution in [0.15, 0.2) is 60.8 Å². The first-order chi connectivity index (χ1) is 9.29. The van der Waals surface area contributed by atoms with Crippen LogP contribution in [0.25, 0.3) is 11.0 Å². The highest BCUT2D eigenvalue weighted by Gasteiger charge is 1.95. The van der Waals surface area contributed by atoms with E-state index in [1.54, 1.807) is 0 Å². The van der Waals surface area contributed by atoms with Crippen molar-refractivity contribution < 1.29 is 0 Å². The summed E-state index contributed by atoms with van der Waals surface area (Å²) in [6, 6.07) is 17.4. The minimum atomic E-state index is 0.794. The first-order valence-corrected chi connectivity index (χ1v) is 6.58. The van der Waals surface area contributed by atoms with E-state index in [1.165, 1.54) is 0 Å². The molecule has 0 radical (unpaired) electrons. The third-order valence-electron chi connectivity index (χ3n) is 2.59. The number of halogens is 1. The maximum absolute atomic E-state index is 5.54. The number of para-hydroxylation sites is 2. The second-order valence-corrected chi connectivity index (χ2v) is 4.44. The molecular weight excluding hydrogens is 256 g/mol. The average molecular weight is 271 g/mol. The molecule has 0 aliphatic rings. The van der Waals surface area contributed by atoms with E-state index >= 15 is 0 Å². The molecule has 0 saturated carbocycles. The van der Waals surface area contributed by atoms with Crippen molar-refractivity contribution in [1.82, 2.24) is 9.97 Å². The van der Waals surface area contributed by atoms with Crippen molar-refractivity contribution in [2.45, 2.75) is 13.3 Å². The lowest BCUT2D eigenvalue weighted by molar-refractivity contribution is 1.03. The topological polar surface area (TPSA) is 25.8 Å². The van der Waals surface area contributed by atoms with E-state index in [0.29, 0.717) is 0 Å². The average Bonchev–Trinajstić information content (AvgIpc) is 2.48. The van der Waals surface area contributed by atoms with Gasteiger partial charge in [-0.05, 0) is 30.7 Å². The van der Waals surface area contributed by atoms with Gasteiger partial charge in [0.05, 0.1) is 16.7 Å². The van der Waals surface area contributed by atoms with Crippen LogP contribution < -0.4 is 0 Å². The zero-order chi connectivity index (χ0) is 13.5. The molecule has 0 atom stereocenters. The smallest absolute Gasteiger partial charge is 0.0890 e. The normalized spacial score (nSPS) is 9.79. The molecule has 3 heteroatoms. The van der Waals surface area contributed by atoms with Gasteiger partial charge < -0.3 is 0 Å². The fraction of sp³-hybridized carbons (Fsp3) is 0.125. The van der Waals surface area contributed by atoms with Gasteiger partial charge in [-0.25, -0.2) is 4.98 Å². The molecule has 0 fully saturated rings. The van der Waals surface area contributed by atoms with Crippen LogP contribution in [0.1, 0.15) is 12.6 Å². The molecule has 1 aromatic heterocycles. The number of hydrogen-bond acceptors (Lipinski definition) is 2. The van der Waals surface area contributed by atoms with Crippen LogP contribution >= 0.6 is 11.6 Å². The first-order valence-electron chi connectivity index (χ1n) is 6.21. The Bertz CT molecular complexity index is 638. The van der Waals surface area contributed by atoms with Crippen LogP contribution in [0.3, 0.4) is 0 Å². The standard InChI is InChI=1S/C10H10N2.C6H5Cl/c1-2-8-7-11-9-5-3-4-6-10(9)12-8;7-6-4-2-1-3-5-6/h3-7H,2H2,1H3;1-5H. The van der Waals surface area contributed by atoms with Gasteiger partial charge in [-0.3, -0.25) is 4.98 Å². The number of aromatic nitrogens is 2. The lowest BCUT2D eigenvalue weighted by Crippen LogP contribution is -1.89. The molecule has 3 rings (SSSR count). The van der Waals surface area contributed by atoms with E-state index < -0.39 is 0 Å². The van der Waals surface area contributed by atoms with Gasteiger partial charge in [0.1, 0.15) is 0 Å². The number of benzene rings is 2. The number of aryl methyl sites for hydroxylation is 1. The zero-order valence-corrected chi connectivity index (χ0v) is 11.5. The Morgan fingerprint density at radius 1 is 0.895 bits per heavy atom. The van der Waals surface area contributed by atoms with E-state index in [1.807, 2.05) is 60.8 Å². The molecule has 1 heterocycles. The van der Waals surface area contributed by atoms with Crippen LogP contribution in [0.4, 0.5) is 0 Å². The summed E-state index contributed by atoms with van der Waals surface area (Å²) < 4.78 is 0. The molecule has 0 bridgehead atoms. The van der Waals surface area contributed by atoms with E-state index in [0.717, 1.165) is 28.2 Å². The van der Waals surface area contributed by atoms with E-state index in [-0.39, 0.29) is 0 Å². The fourth-order valence-corrected chi connectivity index (χ4v) is 1.73. The molecular formula is C16H15ClN2. The summed E-state index contributed by atoms with van der Waals surface area (Å²) in [7, 11) is 0. The molecule has 96 valence electrons. The Morgan fingerprint density at radius 2 is 1.53 bits per heavy atom. The molecule has 0 aliphatic carbocycles. The minimum absolute atomic E-state index is 0.794. The summed E-state index contributed by atoms with van der Waals surface area (Å²) in [5, 5.41) is 0.794. The molecule has 2 aromatic carbocycles. The van der Waals surface area contributed by atoms with Gasteiger partial charge in [0, 0.05) is 11.2 Å². The second-order valence-electron chi connectivity index (χ2n) is 4.00. The van der Waals surface area contributed by atoms with Crippen molar-refractivity contribution >= 4 is 22.6 Å². The highest BCUT2D eigenvalue weighted by atomic mass is 35.5. The monoisotopic (exact) mass is 270 g/mol. The quantitative estimate of drug-likeness (QED) is 0.649. The first kappa shape index (κ1) is 13.5. The molecule has 0 unspecified atom stereocenters. The summed E-state index contributed by atoms with van der Waals surface area (Å²) in [5.74, 6) is 0. The van der Waals surface area contributed by atoms with Crippen molar-refractivity contribution in [3.63, 3.8) is 0 Å². The minimum Gasteiger partial charge on any atom is -0.253 e. The van der Waals surface area contributed by atoms with Gasteiger partial charge in [0.2, 0.25) is 0 Å². The van der Waals surface area contributed by atoms with Crippen LogP contribution in [0, 0.1) is 0 Å². The lowest BCUT2D eigenvalue weighted by atomic mass is 10.3. The third kappa shape index (κ3) is 4.04. The van der Waals surface area contributed by atoms with Crippen LogP contribution in [0.5, 0.6) is 0 Å². The fourth-order valence-electron chi connectivity index (χ4n) is 1.58. The Balaban J connectivity index is 0.000000163. The van der Waals surface area contributed by atoms with Crippen molar-refractivity contribution in [3.8, 4) is 0 Å². The number of rotatable bonds is 1. The summed E-state index contributed by atoms with van der Waals surface area (Å²) >= 11 is 5.54. The van der Waals surface area contributed by atoms with Crippen LogP contribution in [-0.2, 0) is 6.42 Å². The number of fused-ring (bicyclic) bond motifs is 1. The van der Waals surface area contributed by atoms with Gasteiger partial charge in [-0.2, -0.15) is 0 Å². The predicted molar refractivity (Wildman–Crippen MR) is 80.4 cm³/mol. The largest absolute Gasteiger partial charge is 0.253 e.